The van der Waals surface area contributed by atoms with E-state index in [1.165, 1.54) is 11.6 Å². The van der Waals surface area contributed by atoms with Gasteiger partial charge < -0.3 is 20.9 Å². The van der Waals surface area contributed by atoms with E-state index < -0.39 is 0 Å². The number of anilines is 2. The van der Waals surface area contributed by atoms with Gasteiger partial charge >= 0.3 is 0 Å². The Hall–Kier alpha value is -5.18. The number of rotatable bonds is 8. The number of hydrogen-bond acceptors (Lipinski definition) is 8. The Balaban J connectivity index is 1.46. The second-order valence-electron chi connectivity index (χ2n) is 9.83. The summed E-state index contributed by atoms with van der Waals surface area (Å²) < 4.78 is 11.2. The second-order valence-corrected chi connectivity index (χ2v) is 9.83. The number of nitrogen functional groups attached to an aromatic ring is 2. The van der Waals surface area contributed by atoms with Crippen molar-refractivity contribution in [3.8, 4) is 11.5 Å². The zero-order valence-electron chi connectivity index (χ0n) is 23.2. The van der Waals surface area contributed by atoms with Gasteiger partial charge in [-0.3, -0.25) is 4.79 Å². The summed E-state index contributed by atoms with van der Waals surface area (Å²) in [5, 5.41) is 6.10. The number of nitrogens with two attached hydrogens (primary N) is 2. The number of hydrazone groups is 1. The molecule has 9 nitrogen and oxygen atoms in total. The Bertz CT molecular complexity index is 1630. The molecule has 1 aliphatic rings. The van der Waals surface area contributed by atoms with E-state index in [2.05, 4.69) is 46.3 Å². The average molecular weight is 549 g/mol. The van der Waals surface area contributed by atoms with Crippen LogP contribution in [0.15, 0.2) is 78.0 Å². The number of ether oxygens (including phenoxy) is 2. The molecule has 4 N–H and O–H groups in total. The van der Waals surface area contributed by atoms with Crippen LogP contribution in [0.25, 0.3) is 6.08 Å². The quantitative estimate of drug-likeness (QED) is 0.305. The summed E-state index contributed by atoms with van der Waals surface area (Å²) >= 11 is 0. The van der Waals surface area contributed by atoms with Gasteiger partial charge in [-0.15, -0.1) is 0 Å². The standard InChI is InChI=1S/C32H32N6O3/c1-20-8-10-21(11-9-20)16-27-26-7-5-4-6-24(26)19-36-38(27)29(39)13-12-23-14-22(17-28(40-2)30(23)41-3)15-25-18-35-32(34)37-31(25)33/h4-14,17-19,27H,15-16H2,1-3H3,(H4,33,34,35,37)/b13-12+. The molecule has 4 aromatic rings. The van der Waals surface area contributed by atoms with E-state index in [0.29, 0.717) is 35.7 Å². The fourth-order valence-corrected chi connectivity index (χ4v) is 4.93. The van der Waals surface area contributed by atoms with Crippen LogP contribution in [0.4, 0.5) is 11.8 Å². The Morgan fingerprint density at radius 3 is 2.54 bits per heavy atom. The van der Waals surface area contributed by atoms with Gasteiger partial charge in [-0.1, -0.05) is 54.1 Å². The molecule has 0 bridgehead atoms. The van der Waals surface area contributed by atoms with Crippen LogP contribution in [0.1, 0.15) is 45.0 Å². The normalized spacial score (nSPS) is 14.2. The zero-order chi connectivity index (χ0) is 28.9. The molecule has 2 heterocycles. The number of methoxy groups -OCH3 is 2. The van der Waals surface area contributed by atoms with E-state index >= 15 is 0 Å². The minimum atomic E-state index is -0.257. The van der Waals surface area contributed by atoms with Gasteiger partial charge in [-0.05, 0) is 53.8 Å². The van der Waals surface area contributed by atoms with Crippen molar-refractivity contribution in [2.45, 2.75) is 25.8 Å². The maximum Gasteiger partial charge on any atom is 0.267 e. The van der Waals surface area contributed by atoms with Crippen molar-refractivity contribution in [1.82, 2.24) is 15.0 Å². The van der Waals surface area contributed by atoms with Gasteiger partial charge in [0.15, 0.2) is 11.5 Å². The lowest BCUT2D eigenvalue weighted by Crippen LogP contribution is -2.33. The average Bonchev–Trinajstić information content (AvgIpc) is 2.98. The molecular formula is C32H32N6O3. The van der Waals surface area contributed by atoms with Gasteiger partial charge in [-0.25, -0.2) is 9.99 Å². The predicted molar refractivity (Wildman–Crippen MR) is 161 cm³/mol. The molecular weight excluding hydrogens is 516 g/mol. The molecule has 0 saturated carbocycles. The molecule has 0 fully saturated rings. The fraction of sp³-hybridized carbons (Fsp3) is 0.188. The van der Waals surface area contributed by atoms with Gasteiger partial charge in [0.05, 0.1) is 26.5 Å². The van der Waals surface area contributed by atoms with Crippen molar-refractivity contribution in [3.63, 3.8) is 0 Å². The topological polar surface area (TPSA) is 129 Å². The van der Waals surface area contributed by atoms with Gasteiger partial charge in [0.25, 0.3) is 5.91 Å². The summed E-state index contributed by atoms with van der Waals surface area (Å²) in [6.45, 7) is 2.06. The van der Waals surface area contributed by atoms with Gasteiger partial charge in [-0.2, -0.15) is 10.1 Å². The van der Waals surface area contributed by atoms with Crippen LogP contribution in [0.2, 0.25) is 0 Å². The molecule has 0 spiro atoms. The highest BCUT2D eigenvalue weighted by Crippen LogP contribution is 2.35. The van der Waals surface area contributed by atoms with Crippen molar-refractivity contribution < 1.29 is 14.3 Å². The Kier molecular flexibility index (Phi) is 7.96. The Morgan fingerprint density at radius 2 is 1.80 bits per heavy atom. The van der Waals surface area contributed by atoms with Gasteiger partial charge in [0.2, 0.25) is 5.95 Å². The zero-order valence-corrected chi connectivity index (χ0v) is 23.2. The van der Waals surface area contributed by atoms with E-state index in [1.807, 2.05) is 36.4 Å². The number of nitrogens with zero attached hydrogens (tertiary/aromatic N) is 4. The first-order chi connectivity index (χ1) is 19.9. The molecule has 3 aromatic carbocycles. The van der Waals surface area contributed by atoms with Crippen LogP contribution in [0, 0.1) is 6.92 Å². The highest BCUT2D eigenvalue weighted by atomic mass is 16.5. The third kappa shape index (κ3) is 6.04. The third-order valence-electron chi connectivity index (χ3n) is 7.03. The number of carbonyl (C=O) groups excluding carboxylic acids is 1. The van der Waals surface area contributed by atoms with E-state index in [0.717, 1.165) is 27.8 Å². The van der Waals surface area contributed by atoms with Gasteiger partial charge in [0, 0.05) is 29.8 Å². The van der Waals surface area contributed by atoms with Crippen molar-refractivity contribution in [2.24, 2.45) is 5.10 Å². The first-order valence-electron chi connectivity index (χ1n) is 13.2. The molecule has 1 atom stereocenters. The maximum atomic E-state index is 13.7. The molecule has 1 aliphatic heterocycles. The summed E-state index contributed by atoms with van der Waals surface area (Å²) in [4.78, 5) is 21.8. The smallest absolute Gasteiger partial charge is 0.267 e. The minimum absolute atomic E-state index is 0.115. The number of hydrogen-bond donors (Lipinski definition) is 2. The van der Waals surface area contributed by atoms with Crippen molar-refractivity contribution in [1.29, 1.82) is 0 Å². The highest BCUT2D eigenvalue weighted by Gasteiger charge is 2.28. The van der Waals surface area contributed by atoms with E-state index in [1.54, 1.807) is 37.7 Å². The summed E-state index contributed by atoms with van der Waals surface area (Å²) in [6, 6.07) is 19.9. The first-order valence-corrected chi connectivity index (χ1v) is 13.2. The molecule has 0 aliphatic carbocycles. The Morgan fingerprint density at radius 1 is 1.02 bits per heavy atom. The van der Waals surface area contributed by atoms with Crippen LogP contribution >= 0.6 is 0 Å². The summed E-state index contributed by atoms with van der Waals surface area (Å²) in [5.41, 5.74) is 18.3. The van der Waals surface area contributed by atoms with Crippen LogP contribution in [0.5, 0.6) is 11.5 Å². The molecule has 1 unspecified atom stereocenters. The predicted octanol–water partition coefficient (Wildman–Crippen LogP) is 4.73. The van der Waals surface area contributed by atoms with Crippen LogP contribution in [-0.2, 0) is 17.6 Å². The number of aryl methyl sites for hydroxylation is 1. The Labute approximate surface area is 239 Å². The lowest BCUT2D eigenvalue weighted by molar-refractivity contribution is -0.128. The number of aromatic nitrogens is 2. The molecule has 0 radical (unpaired) electrons. The van der Waals surface area contributed by atoms with Crippen LogP contribution < -0.4 is 20.9 Å². The van der Waals surface area contributed by atoms with E-state index in [4.69, 9.17) is 20.9 Å². The van der Waals surface area contributed by atoms with E-state index in [9.17, 15) is 4.79 Å². The molecule has 41 heavy (non-hydrogen) atoms. The largest absolute Gasteiger partial charge is 0.493 e. The molecule has 1 aromatic heterocycles. The maximum absolute atomic E-state index is 13.7. The highest BCUT2D eigenvalue weighted by molar-refractivity contribution is 5.95. The van der Waals surface area contributed by atoms with Crippen LogP contribution in [-0.4, -0.2) is 41.3 Å². The number of carbonyl (C=O) groups is 1. The van der Waals surface area contributed by atoms with Crippen LogP contribution in [0.3, 0.4) is 0 Å². The van der Waals surface area contributed by atoms with Crippen molar-refractivity contribution in [3.05, 3.63) is 112 Å². The van der Waals surface area contributed by atoms with E-state index in [-0.39, 0.29) is 17.9 Å². The van der Waals surface area contributed by atoms with Crippen molar-refractivity contribution in [2.75, 3.05) is 25.7 Å². The fourth-order valence-electron chi connectivity index (χ4n) is 4.93. The monoisotopic (exact) mass is 548 g/mol. The lowest BCUT2D eigenvalue weighted by Gasteiger charge is -2.31. The molecule has 5 rings (SSSR count). The summed E-state index contributed by atoms with van der Waals surface area (Å²) in [6.07, 6.45) is 7.63. The number of amides is 1. The molecule has 208 valence electrons. The number of benzene rings is 3. The minimum Gasteiger partial charge on any atom is -0.493 e. The SMILES string of the molecule is COc1cc(Cc2cnc(N)nc2N)cc(/C=C/C(=O)N2N=Cc3ccccc3C2Cc2ccc(C)cc2)c1OC. The molecule has 0 saturated heterocycles. The summed E-state index contributed by atoms with van der Waals surface area (Å²) in [5.74, 6) is 1.20. The first kappa shape index (κ1) is 27.4. The number of fused-ring (bicyclic) bond motifs is 1. The lowest BCUT2D eigenvalue weighted by atomic mass is 9.93. The third-order valence-corrected chi connectivity index (χ3v) is 7.03. The summed E-state index contributed by atoms with van der Waals surface area (Å²) in [7, 11) is 3.13. The molecule has 9 heteroatoms. The molecule has 1 amide bonds. The van der Waals surface area contributed by atoms with Gasteiger partial charge in [0.1, 0.15) is 5.82 Å². The van der Waals surface area contributed by atoms with Crippen molar-refractivity contribution >= 4 is 30.0 Å². The second kappa shape index (κ2) is 11.9.